The van der Waals surface area contributed by atoms with Crippen LogP contribution in [0.3, 0.4) is 0 Å². The number of carbonyl (C=O) groups excluding carboxylic acids is 2. The summed E-state index contributed by atoms with van der Waals surface area (Å²) < 4.78 is 15.3. The van der Waals surface area contributed by atoms with Gasteiger partial charge in [-0.15, -0.1) is 0 Å². The number of rotatable bonds is 5. The van der Waals surface area contributed by atoms with Crippen LogP contribution >= 0.6 is 0 Å². The molecule has 0 saturated carbocycles. The molecule has 0 radical (unpaired) electrons. The third kappa shape index (κ3) is 3.83. The SMILES string of the molecule is CCOC(=O)/C(=C\c1ccccc1)[C@H]1C=C[C@@H](C(=O)OC)O1. The maximum absolute atomic E-state index is 12.2. The average Bonchev–Trinajstić information content (AvgIpc) is 3.02. The van der Waals surface area contributed by atoms with E-state index in [-0.39, 0.29) is 6.61 Å². The standard InChI is InChI=1S/C17H18O5/c1-3-21-16(18)13(11-12-7-5-4-6-8-12)14-9-10-15(22-14)17(19)20-2/h4-11,14-15H,3H2,1-2H3/b13-11-/t14-,15+/m1/s1. The summed E-state index contributed by atoms with van der Waals surface area (Å²) in [7, 11) is 1.29. The quantitative estimate of drug-likeness (QED) is 0.474. The second kappa shape index (κ2) is 7.56. The van der Waals surface area contributed by atoms with Gasteiger partial charge in [-0.3, -0.25) is 0 Å². The van der Waals surface area contributed by atoms with Crippen molar-refractivity contribution in [3.63, 3.8) is 0 Å². The van der Waals surface area contributed by atoms with E-state index in [9.17, 15) is 9.59 Å². The molecule has 2 atom stereocenters. The van der Waals surface area contributed by atoms with E-state index in [0.717, 1.165) is 5.56 Å². The van der Waals surface area contributed by atoms with Crippen LogP contribution < -0.4 is 0 Å². The van der Waals surface area contributed by atoms with E-state index in [1.807, 2.05) is 30.3 Å². The van der Waals surface area contributed by atoms with Crippen molar-refractivity contribution in [1.29, 1.82) is 0 Å². The van der Waals surface area contributed by atoms with E-state index in [2.05, 4.69) is 4.74 Å². The van der Waals surface area contributed by atoms with E-state index < -0.39 is 24.1 Å². The van der Waals surface area contributed by atoms with E-state index in [1.165, 1.54) is 7.11 Å². The molecule has 0 saturated heterocycles. The molecule has 1 heterocycles. The predicted molar refractivity (Wildman–Crippen MR) is 80.9 cm³/mol. The maximum Gasteiger partial charge on any atom is 0.339 e. The Balaban J connectivity index is 2.23. The molecule has 1 aromatic carbocycles. The monoisotopic (exact) mass is 302 g/mol. The van der Waals surface area contributed by atoms with Gasteiger partial charge in [0, 0.05) is 0 Å². The molecule has 2 rings (SSSR count). The highest BCUT2D eigenvalue weighted by atomic mass is 16.6. The van der Waals surface area contributed by atoms with Crippen LogP contribution in [-0.4, -0.2) is 37.9 Å². The van der Waals surface area contributed by atoms with Gasteiger partial charge < -0.3 is 14.2 Å². The molecule has 0 aliphatic carbocycles. The van der Waals surface area contributed by atoms with Crippen LogP contribution in [0.2, 0.25) is 0 Å². The largest absolute Gasteiger partial charge is 0.467 e. The summed E-state index contributed by atoms with van der Waals surface area (Å²) in [4.78, 5) is 23.7. The molecular formula is C17H18O5. The molecule has 5 heteroatoms. The minimum Gasteiger partial charge on any atom is -0.467 e. The van der Waals surface area contributed by atoms with E-state index >= 15 is 0 Å². The fourth-order valence-electron chi connectivity index (χ4n) is 2.08. The van der Waals surface area contributed by atoms with Crippen molar-refractivity contribution in [3.05, 3.63) is 53.6 Å². The van der Waals surface area contributed by atoms with Crippen LogP contribution in [-0.2, 0) is 23.8 Å². The number of carbonyl (C=O) groups is 2. The second-order valence-electron chi connectivity index (χ2n) is 4.62. The van der Waals surface area contributed by atoms with E-state index in [1.54, 1.807) is 25.2 Å². The molecular weight excluding hydrogens is 284 g/mol. The minimum absolute atomic E-state index is 0.266. The zero-order valence-corrected chi connectivity index (χ0v) is 12.5. The molecule has 0 amide bonds. The van der Waals surface area contributed by atoms with E-state index in [0.29, 0.717) is 5.57 Å². The third-order valence-electron chi connectivity index (χ3n) is 3.13. The van der Waals surface area contributed by atoms with Crippen molar-refractivity contribution in [1.82, 2.24) is 0 Å². The molecule has 116 valence electrons. The number of benzene rings is 1. The van der Waals surface area contributed by atoms with Gasteiger partial charge in [-0.25, -0.2) is 9.59 Å². The van der Waals surface area contributed by atoms with Crippen molar-refractivity contribution in [2.75, 3.05) is 13.7 Å². The van der Waals surface area contributed by atoms with Gasteiger partial charge in [0.25, 0.3) is 0 Å². The topological polar surface area (TPSA) is 61.8 Å². The molecule has 1 aliphatic rings. The van der Waals surface area contributed by atoms with Crippen LogP contribution in [0, 0.1) is 0 Å². The number of ether oxygens (including phenoxy) is 3. The fourth-order valence-corrected chi connectivity index (χ4v) is 2.08. The van der Waals surface area contributed by atoms with Crippen molar-refractivity contribution in [2.24, 2.45) is 0 Å². The Kier molecular flexibility index (Phi) is 5.49. The first-order valence-electron chi connectivity index (χ1n) is 7.01. The van der Waals surface area contributed by atoms with Crippen LogP contribution in [0.25, 0.3) is 6.08 Å². The van der Waals surface area contributed by atoms with Gasteiger partial charge >= 0.3 is 11.9 Å². The molecule has 0 aromatic heterocycles. The van der Waals surface area contributed by atoms with Crippen LogP contribution in [0.5, 0.6) is 0 Å². The Morgan fingerprint density at radius 3 is 2.50 bits per heavy atom. The van der Waals surface area contributed by atoms with Crippen molar-refractivity contribution in [2.45, 2.75) is 19.1 Å². The smallest absolute Gasteiger partial charge is 0.339 e. The molecule has 1 aliphatic heterocycles. The lowest BCUT2D eigenvalue weighted by atomic mass is 10.1. The molecule has 0 spiro atoms. The Morgan fingerprint density at radius 2 is 1.86 bits per heavy atom. The Bertz CT molecular complexity index is 588. The van der Waals surface area contributed by atoms with Crippen molar-refractivity contribution < 1.29 is 23.8 Å². The first kappa shape index (κ1) is 16.0. The van der Waals surface area contributed by atoms with Gasteiger partial charge in [0.1, 0.15) is 6.10 Å². The summed E-state index contributed by atoms with van der Waals surface area (Å²) in [5, 5.41) is 0. The van der Waals surface area contributed by atoms with Crippen molar-refractivity contribution in [3.8, 4) is 0 Å². The Hall–Kier alpha value is -2.40. The lowest BCUT2D eigenvalue weighted by Gasteiger charge is -2.15. The van der Waals surface area contributed by atoms with Gasteiger partial charge in [0.15, 0.2) is 6.10 Å². The van der Waals surface area contributed by atoms with Crippen LogP contribution in [0.15, 0.2) is 48.1 Å². The fraction of sp³-hybridized carbons (Fsp3) is 0.294. The van der Waals surface area contributed by atoms with Gasteiger partial charge in [-0.05, 0) is 24.6 Å². The number of hydrogen-bond donors (Lipinski definition) is 0. The summed E-state index contributed by atoms with van der Waals surface area (Å²) in [5.41, 5.74) is 1.19. The second-order valence-corrected chi connectivity index (χ2v) is 4.62. The van der Waals surface area contributed by atoms with E-state index in [4.69, 9.17) is 9.47 Å². The third-order valence-corrected chi connectivity index (χ3v) is 3.13. The van der Waals surface area contributed by atoms with Gasteiger partial charge in [0.2, 0.25) is 0 Å². The molecule has 0 fully saturated rings. The average molecular weight is 302 g/mol. The molecule has 1 aromatic rings. The zero-order valence-electron chi connectivity index (χ0n) is 12.5. The highest BCUT2D eigenvalue weighted by molar-refractivity contribution is 5.95. The van der Waals surface area contributed by atoms with Crippen LogP contribution in [0.1, 0.15) is 12.5 Å². The maximum atomic E-state index is 12.2. The molecule has 5 nitrogen and oxygen atoms in total. The first-order valence-corrected chi connectivity index (χ1v) is 7.01. The molecule has 22 heavy (non-hydrogen) atoms. The lowest BCUT2D eigenvalue weighted by Crippen LogP contribution is -2.26. The summed E-state index contributed by atoms with van der Waals surface area (Å²) in [5.74, 6) is -0.965. The number of esters is 2. The molecule has 0 unspecified atom stereocenters. The Morgan fingerprint density at radius 1 is 1.18 bits per heavy atom. The van der Waals surface area contributed by atoms with Gasteiger partial charge in [-0.2, -0.15) is 0 Å². The highest BCUT2D eigenvalue weighted by Gasteiger charge is 2.31. The summed E-state index contributed by atoms with van der Waals surface area (Å²) in [6.45, 7) is 2.00. The predicted octanol–water partition coefficient (Wildman–Crippen LogP) is 2.13. The molecule has 0 N–H and O–H groups in total. The summed E-state index contributed by atoms with van der Waals surface area (Å²) in [6.07, 6.45) is 3.50. The lowest BCUT2D eigenvalue weighted by molar-refractivity contribution is -0.152. The minimum atomic E-state index is -0.802. The zero-order chi connectivity index (χ0) is 15.9. The highest BCUT2D eigenvalue weighted by Crippen LogP contribution is 2.22. The molecule has 0 bridgehead atoms. The van der Waals surface area contributed by atoms with Gasteiger partial charge in [0.05, 0.1) is 19.3 Å². The Labute approximate surface area is 129 Å². The van der Waals surface area contributed by atoms with Crippen molar-refractivity contribution >= 4 is 18.0 Å². The summed E-state index contributed by atoms with van der Waals surface area (Å²) in [6, 6.07) is 9.38. The summed E-state index contributed by atoms with van der Waals surface area (Å²) >= 11 is 0. The van der Waals surface area contributed by atoms with Crippen LogP contribution in [0.4, 0.5) is 0 Å². The normalized spacial score (nSPS) is 20.7. The number of methoxy groups -OCH3 is 1. The van der Waals surface area contributed by atoms with Gasteiger partial charge in [-0.1, -0.05) is 36.4 Å². The first-order chi connectivity index (χ1) is 10.7. The number of hydrogen-bond acceptors (Lipinski definition) is 5.